The van der Waals surface area contributed by atoms with Gasteiger partial charge in [0.1, 0.15) is 12.1 Å². The van der Waals surface area contributed by atoms with Gasteiger partial charge in [-0.2, -0.15) is 0 Å². The Labute approximate surface area is 214 Å². The molecule has 8 nitrogen and oxygen atoms in total. The molecule has 1 heterocycles. The van der Waals surface area contributed by atoms with E-state index in [0.717, 1.165) is 5.56 Å². The number of carbonyl (C=O) groups excluding carboxylic acids is 4. The number of aryl methyl sites for hydroxylation is 1. The summed E-state index contributed by atoms with van der Waals surface area (Å²) in [7, 11) is 0. The average Bonchev–Trinajstić information content (AvgIpc) is 3.34. The van der Waals surface area contributed by atoms with E-state index in [4.69, 9.17) is 4.74 Å². The topological polar surface area (TPSA) is 105 Å². The number of ether oxygens (including phenoxy) is 1. The van der Waals surface area contributed by atoms with Gasteiger partial charge in [0.05, 0.1) is 17.1 Å². The molecule has 36 heavy (non-hydrogen) atoms. The fourth-order valence-electron chi connectivity index (χ4n) is 3.40. The van der Waals surface area contributed by atoms with Crippen LogP contribution in [0.1, 0.15) is 41.6 Å². The molecule has 0 spiro atoms. The number of anilines is 2. The molecule has 9 heteroatoms. The van der Waals surface area contributed by atoms with Crippen LogP contribution < -0.4 is 15.5 Å². The van der Waals surface area contributed by atoms with Crippen molar-refractivity contribution in [1.82, 2.24) is 5.32 Å². The molecule has 3 rings (SSSR count). The lowest BCUT2D eigenvalue weighted by Crippen LogP contribution is -2.45. The minimum absolute atomic E-state index is 0.257. The number of hydrogen-bond donors (Lipinski definition) is 2. The molecule has 2 N–H and O–H groups in total. The summed E-state index contributed by atoms with van der Waals surface area (Å²) < 4.78 is 5.41. The molecule has 1 aromatic heterocycles. The van der Waals surface area contributed by atoms with Crippen molar-refractivity contribution in [1.29, 1.82) is 0 Å². The van der Waals surface area contributed by atoms with Crippen molar-refractivity contribution in [3.8, 4) is 0 Å². The highest BCUT2D eigenvalue weighted by molar-refractivity contribution is 7.12. The van der Waals surface area contributed by atoms with Crippen LogP contribution in [-0.2, 0) is 14.3 Å². The second kappa shape index (κ2) is 11.6. The van der Waals surface area contributed by atoms with E-state index >= 15 is 0 Å². The number of benzene rings is 2. The first-order valence-corrected chi connectivity index (χ1v) is 12.2. The SMILES string of the molecule is Cc1cccc(NC(=O)NCC(=O)N(CC(=O)OC(C)(C)C)c2ccccc2C(=O)c2cccs2)c1. The smallest absolute Gasteiger partial charge is 0.326 e. The minimum Gasteiger partial charge on any atom is -0.459 e. The van der Waals surface area contributed by atoms with E-state index in [1.54, 1.807) is 80.7 Å². The van der Waals surface area contributed by atoms with E-state index in [2.05, 4.69) is 10.6 Å². The molecule has 0 saturated heterocycles. The van der Waals surface area contributed by atoms with E-state index in [1.807, 2.05) is 13.0 Å². The highest BCUT2D eigenvalue weighted by Gasteiger charge is 2.27. The maximum absolute atomic E-state index is 13.3. The van der Waals surface area contributed by atoms with Crippen LogP contribution >= 0.6 is 11.3 Å². The third-order valence-corrected chi connectivity index (χ3v) is 5.74. The largest absolute Gasteiger partial charge is 0.459 e. The molecular weight excluding hydrogens is 478 g/mol. The van der Waals surface area contributed by atoms with Crippen LogP contribution in [0.25, 0.3) is 0 Å². The quantitative estimate of drug-likeness (QED) is 0.337. The Morgan fingerprint density at radius 2 is 1.72 bits per heavy atom. The van der Waals surface area contributed by atoms with Crippen molar-refractivity contribution in [2.24, 2.45) is 0 Å². The number of esters is 1. The average molecular weight is 508 g/mol. The fraction of sp³-hybridized carbons (Fsp3) is 0.259. The second-order valence-electron chi connectivity index (χ2n) is 9.07. The number of ketones is 1. The summed E-state index contributed by atoms with van der Waals surface area (Å²) in [6, 6.07) is 16.7. The number of amides is 3. The Kier molecular flexibility index (Phi) is 8.60. The number of carbonyl (C=O) groups is 4. The van der Waals surface area contributed by atoms with Gasteiger partial charge in [-0.3, -0.25) is 19.3 Å². The zero-order chi connectivity index (χ0) is 26.3. The second-order valence-corrected chi connectivity index (χ2v) is 10.0. The van der Waals surface area contributed by atoms with Gasteiger partial charge < -0.3 is 15.4 Å². The van der Waals surface area contributed by atoms with Crippen LogP contribution in [0.3, 0.4) is 0 Å². The van der Waals surface area contributed by atoms with Gasteiger partial charge in [0, 0.05) is 11.3 Å². The zero-order valence-corrected chi connectivity index (χ0v) is 21.5. The molecule has 0 saturated carbocycles. The molecule has 0 aliphatic carbocycles. The van der Waals surface area contributed by atoms with Crippen LogP contribution in [0.5, 0.6) is 0 Å². The monoisotopic (exact) mass is 507 g/mol. The van der Waals surface area contributed by atoms with Crippen molar-refractivity contribution in [3.05, 3.63) is 82.0 Å². The van der Waals surface area contributed by atoms with E-state index < -0.39 is 36.6 Å². The van der Waals surface area contributed by atoms with Crippen LogP contribution in [-0.4, -0.2) is 42.4 Å². The highest BCUT2D eigenvalue weighted by Crippen LogP contribution is 2.26. The predicted octanol–water partition coefficient (Wildman–Crippen LogP) is 4.78. The Hall–Kier alpha value is -3.98. The molecule has 3 aromatic rings. The molecular formula is C27H29N3O5S. The van der Waals surface area contributed by atoms with Crippen LogP contribution in [0.15, 0.2) is 66.0 Å². The van der Waals surface area contributed by atoms with Gasteiger partial charge in [0.25, 0.3) is 0 Å². The predicted molar refractivity (Wildman–Crippen MR) is 141 cm³/mol. The highest BCUT2D eigenvalue weighted by atomic mass is 32.1. The van der Waals surface area contributed by atoms with Gasteiger partial charge in [-0.15, -0.1) is 11.3 Å². The molecule has 0 fully saturated rings. The molecule has 0 radical (unpaired) electrons. The molecule has 3 amide bonds. The van der Waals surface area contributed by atoms with Gasteiger partial charge in [-0.1, -0.05) is 30.3 Å². The van der Waals surface area contributed by atoms with Gasteiger partial charge in [0.15, 0.2) is 0 Å². The summed E-state index contributed by atoms with van der Waals surface area (Å²) in [5, 5.41) is 6.98. The van der Waals surface area contributed by atoms with Gasteiger partial charge in [0.2, 0.25) is 11.7 Å². The number of para-hydroxylation sites is 1. The molecule has 2 aromatic carbocycles. The molecule has 0 atom stereocenters. The number of nitrogens with one attached hydrogen (secondary N) is 2. The maximum atomic E-state index is 13.3. The number of thiophene rings is 1. The lowest BCUT2D eigenvalue weighted by molar-refractivity contribution is -0.153. The zero-order valence-electron chi connectivity index (χ0n) is 20.7. The maximum Gasteiger partial charge on any atom is 0.326 e. The Bertz CT molecular complexity index is 1250. The van der Waals surface area contributed by atoms with Crippen molar-refractivity contribution in [3.63, 3.8) is 0 Å². The molecule has 0 aliphatic rings. The number of rotatable bonds is 8. The third kappa shape index (κ3) is 7.51. The van der Waals surface area contributed by atoms with Crippen molar-refractivity contribution in [2.45, 2.75) is 33.3 Å². The normalized spacial score (nSPS) is 10.9. The van der Waals surface area contributed by atoms with Crippen LogP contribution in [0.2, 0.25) is 0 Å². The van der Waals surface area contributed by atoms with Gasteiger partial charge >= 0.3 is 12.0 Å². The van der Waals surface area contributed by atoms with Crippen molar-refractivity contribution < 1.29 is 23.9 Å². The van der Waals surface area contributed by atoms with Crippen molar-refractivity contribution >= 4 is 46.4 Å². The summed E-state index contributed by atoms with van der Waals surface area (Å²) in [4.78, 5) is 53.2. The Morgan fingerprint density at radius 3 is 2.39 bits per heavy atom. The standard InChI is InChI=1S/C27H29N3O5S/c1-18-9-7-10-19(15-18)29-26(34)28-16-23(31)30(17-24(32)35-27(2,3)4)21-12-6-5-11-20(21)25(33)22-13-8-14-36-22/h5-15H,16-17H2,1-4H3,(H2,28,29,34). The third-order valence-electron chi connectivity index (χ3n) is 4.87. The minimum atomic E-state index is -0.760. The van der Waals surface area contributed by atoms with Crippen LogP contribution in [0, 0.1) is 6.92 Å². The van der Waals surface area contributed by atoms with Crippen molar-refractivity contribution in [2.75, 3.05) is 23.3 Å². The van der Waals surface area contributed by atoms with E-state index in [-0.39, 0.29) is 17.0 Å². The summed E-state index contributed by atoms with van der Waals surface area (Å²) >= 11 is 1.28. The molecule has 0 bridgehead atoms. The first-order valence-electron chi connectivity index (χ1n) is 11.3. The first kappa shape index (κ1) is 26.6. The lowest BCUT2D eigenvalue weighted by atomic mass is 10.1. The number of hydrogen-bond acceptors (Lipinski definition) is 6. The first-order chi connectivity index (χ1) is 17.0. The van der Waals surface area contributed by atoms with E-state index in [1.165, 1.54) is 16.2 Å². The van der Waals surface area contributed by atoms with E-state index in [9.17, 15) is 19.2 Å². The Morgan fingerprint density at radius 1 is 0.972 bits per heavy atom. The summed E-state index contributed by atoms with van der Waals surface area (Å²) in [5.74, 6) is -1.49. The summed E-state index contributed by atoms with van der Waals surface area (Å²) in [5.41, 5.74) is 1.31. The van der Waals surface area contributed by atoms with Gasteiger partial charge in [-0.05, 0) is 69.0 Å². The number of nitrogens with zero attached hydrogens (tertiary/aromatic N) is 1. The fourth-order valence-corrected chi connectivity index (χ4v) is 4.08. The molecule has 0 aliphatic heterocycles. The molecule has 0 unspecified atom stereocenters. The lowest BCUT2D eigenvalue weighted by Gasteiger charge is -2.26. The summed E-state index contributed by atoms with van der Waals surface area (Å²) in [6.07, 6.45) is 0. The van der Waals surface area contributed by atoms with Crippen LogP contribution in [0.4, 0.5) is 16.2 Å². The summed E-state index contributed by atoms with van der Waals surface area (Å²) in [6.45, 7) is 6.25. The Balaban J connectivity index is 1.82. The van der Waals surface area contributed by atoms with Gasteiger partial charge in [-0.25, -0.2) is 4.79 Å². The molecule has 188 valence electrons. The van der Waals surface area contributed by atoms with E-state index in [0.29, 0.717) is 10.6 Å². The number of urea groups is 1.